The van der Waals surface area contributed by atoms with Crippen molar-refractivity contribution in [1.82, 2.24) is 4.98 Å². The normalized spacial score (nSPS) is 18.3. The molecule has 5 heteroatoms. The summed E-state index contributed by atoms with van der Waals surface area (Å²) >= 11 is 2.00. The topological polar surface area (TPSA) is 62.2 Å². The van der Waals surface area contributed by atoms with Gasteiger partial charge < -0.3 is 10.4 Å². The van der Waals surface area contributed by atoms with Crippen molar-refractivity contribution in [3.05, 3.63) is 35.9 Å². The molecule has 1 fully saturated rings. The summed E-state index contributed by atoms with van der Waals surface area (Å²) in [5, 5.41) is 13.8. The average Bonchev–Trinajstić information content (AvgIpc) is 2.97. The van der Waals surface area contributed by atoms with Crippen molar-refractivity contribution in [2.24, 2.45) is 0 Å². The van der Waals surface area contributed by atoms with Crippen molar-refractivity contribution in [2.45, 2.75) is 18.1 Å². The molecule has 0 amide bonds. The van der Waals surface area contributed by atoms with Crippen LogP contribution in [0.5, 0.6) is 0 Å². The van der Waals surface area contributed by atoms with Gasteiger partial charge in [-0.15, -0.1) is 0 Å². The van der Waals surface area contributed by atoms with Crippen LogP contribution in [0.3, 0.4) is 0 Å². The van der Waals surface area contributed by atoms with Crippen LogP contribution < -0.4 is 5.32 Å². The van der Waals surface area contributed by atoms with E-state index in [1.54, 1.807) is 12.1 Å². The van der Waals surface area contributed by atoms with Crippen LogP contribution in [0.4, 0.5) is 5.82 Å². The second-order valence-corrected chi connectivity index (χ2v) is 6.30. The lowest BCUT2D eigenvalue weighted by atomic mass is 10.1. The molecule has 0 radical (unpaired) electrons. The Bertz CT molecular complexity index is 639. The Hall–Kier alpha value is -1.75. The number of anilines is 1. The van der Waals surface area contributed by atoms with Crippen LogP contribution in [0.1, 0.15) is 23.2 Å². The standard InChI is InChI=1S/C15H16N2O2S/c18-15(19)12-4-1-5-13-11(12)6-7-14(17-13)16-9-10-3-2-8-20-10/h1,4-7,10H,2-3,8-9H2,(H,16,17)(H,18,19). The summed E-state index contributed by atoms with van der Waals surface area (Å²) in [6.07, 6.45) is 2.55. The lowest BCUT2D eigenvalue weighted by Crippen LogP contribution is -2.14. The van der Waals surface area contributed by atoms with Gasteiger partial charge in [0, 0.05) is 17.2 Å². The highest BCUT2D eigenvalue weighted by atomic mass is 32.2. The monoisotopic (exact) mass is 288 g/mol. The van der Waals surface area contributed by atoms with Crippen LogP contribution >= 0.6 is 11.8 Å². The summed E-state index contributed by atoms with van der Waals surface area (Å²) in [5.74, 6) is 1.15. The van der Waals surface area contributed by atoms with E-state index in [2.05, 4.69) is 10.3 Å². The Morgan fingerprint density at radius 3 is 3.05 bits per heavy atom. The van der Waals surface area contributed by atoms with E-state index in [0.717, 1.165) is 12.4 Å². The Labute approximate surface area is 121 Å². The van der Waals surface area contributed by atoms with Gasteiger partial charge in [0.2, 0.25) is 0 Å². The number of carbonyl (C=O) groups is 1. The number of pyridine rings is 1. The number of rotatable bonds is 4. The van der Waals surface area contributed by atoms with E-state index in [1.807, 2.05) is 30.0 Å². The number of aromatic nitrogens is 1. The molecule has 0 aliphatic carbocycles. The number of nitrogens with one attached hydrogen (secondary N) is 1. The summed E-state index contributed by atoms with van der Waals surface area (Å²) in [6.45, 7) is 0.918. The maximum atomic E-state index is 11.2. The van der Waals surface area contributed by atoms with Gasteiger partial charge in [-0.2, -0.15) is 11.8 Å². The quantitative estimate of drug-likeness (QED) is 0.904. The largest absolute Gasteiger partial charge is 0.478 e. The molecule has 20 heavy (non-hydrogen) atoms. The molecule has 1 aliphatic heterocycles. The molecule has 1 saturated heterocycles. The van der Waals surface area contributed by atoms with Crippen molar-refractivity contribution < 1.29 is 9.90 Å². The molecule has 2 aromatic rings. The number of carboxylic acid groups (broad SMARTS) is 1. The molecule has 1 atom stereocenters. The predicted molar refractivity (Wildman–Crippen MR) is 82.7 cm³/mol. The molecular weight excluding hydrogens is 272 g/mol. The third-order valence-corrected chi connectivity index (χ3v) is 4.90. The summed E-state index contributed by atoms with van der Waals surface area (Å²) < 4.78 is 0. The number of hydrogen-bond donors (Lipinski definition) is 2. The molecule has 2 heterocycles. The lowest BCUT2D eigenvalue weighted by Gasteiger charge is -2.11. The van der Waals surface area contributed by atoms with Crippen molar-refractivity contribution in [3.8, 4) is 0 Å². The van der Waals surface area contributed by atoms with E-state index >= 15 is 0 Å². The van der Waals surface area contributed by atoms with Gasteiger partial charge >= 0.3 is 5.97 Å². The average molecular weight is 288 g/mol. The van der Waals surface area contributed by atoms with Gasteiger partial charge in [0.1, 0.15) is 5.82 Å². The first-order valence-electron chi connectivity index (χ1n) is 6.72. The van der Waals surface area contributed by atoms with Gasteiger partial charge in [0.25, 0.3) is 0 Å². The second kappa shape index (κ2) is 5.71. The zero-order chi connectivity index (χ0) is 13.9. The number of hydrogen-bond acceptors (Lipinski definition) is 4. The lowest BCUT2D eigenvalue weighted by molar-refractivity contribution is 0.0699. The zero-order valence-corrected chi connectivity index (χ0v) is 11.8. The highest BCUT2D eigenvalue weighted by Gasteiger charge is 2.15. The summed E-state index contributed by atoms with van der Waals surface area (Å²) in [6, 6.07) is 8.87. The minimum absolute atomic E-state index is 0.299. The molecular formula is C15H16N2O2S. The predicted octanol–water partition coefficient (Wildman–Crippen LogP) is 3.24. The van der Waals surface area contributed by atoms with Gasteiger partial charge in [0.15, 0.2) is 0 Å². The maximum absolute atomic E-state index is 11.2. The van der Waals surface area contributed by atoms with Gasteiger partial charge in [-0.3, -0.25) is 0 Å². The number of fused-ring (bicyclic) bond motifs is 1. The van der Waals surface area contributed by atoms with Crippen molar-refractivity contribution >= 4 is 34.5 Å². The van der Waals surface area contributed by atoms with Crippen LogP contribution in [0.2, 0.25) is 0 Å². The fraction of sp³-hybridized carbons (Fsp3) is 0.333. The number of nitrogens with zero attached hydrogens (tertiary/aromatic N) is 1. The van der Waals surface area contributed by atoms with Crippen molar-refractivity contribution in [2.75, 3.05) is 17.6 Å². The SMILES string of the molecule is O=C(O)c1cccc2nc(NCC3CCCS3)ccc12. The number of benzene rings is 1. The molecule has 2 N–H and O–H groups in total. The van der Waals surface area contributed by atoms with Crippen LogP contribution in [-0.2, 0) is 0 Å². The minimum atomic E-state index is -0.916. The molecule has 104 valence electrons. The molecule has 0 saturated carbocycles. The first-order valence-corrected chi connectivity index (χ1v) is 7.77. The molecule has 0 spiro atoms. The fourth-order valence-corrected chi connectivity index (χ4v) is 3.66. The first-order chi connectivity index (χ1) is 9.74. The molecule has 1 aromatic heterocycles. The van der Waals surface area contributed by atoms with E-state index < -0.39 is 5.97 Å². The minimum Gasteiger partial charge on any atom is -0.478 e. The number of carboxylic acids is 1. The van der Waals surface area contributed by atoms with Crippen LogP contribution in [0.15, 0.2) is 30.3 Å². The van der Waals surface area contributed by atoms with Crippen LogP contribution in [-0.4, -0.2) is 33.6 Å². The molecule has 1 aliphatic rings. The van der Waals surface area contributed by atoms with Crippen molar-refractivity contribution in [3.63, 3.8) is 0 Å². The van der Waals surface area contributed by atoms with E-state index in [4.69, 9.17) is 5.11 Å². The third-order valence-electron chi connectivity index (χ3n) is 3.50. The van der Waals surface area contributed by atoms with Crippen molar-refractivity contribution in [1.29, 1.82) is 0 Å². The van der Waals surface area contributed by atoms with Gasteiger partial charge in [0.05, 0.1) is 11.1 Å². The Morgan fingerprint density at radius 2 is 2.30 bits per heavy atom. The zero-order valence-electron chi connectivity index (χ0n) is 11.0. The molecule has 0 bridgehead atoms. The summed E-state index contributed by atoms with van der Waals surface area (Å²) in [7, 11) is 0. The highest BCUT2D eigenvalue weighted by molar-refractivity contribution is 8.00. The molecule has 1 aromatic carbocycles. The molecule has 4 nitrogen and oxygen atoms in total. The second-order valence-electron chi connectivity index (χ2n) is 4.89. The van der Waals surface area contributed by atoms with E-state index in [9.17, 15) is 4.79 Å². The Kier molecular flexibility index (Phi) is 3.78. The van der Waals surface area contributed by atoms with E-state index in [1.165, 1.54) is 18.6 Å². The Balaban J connectivity index is 1.81. The van der Waals surface area contributed by atoms with Gasteiger partial charge in [-0.1, -0.05) is 6.07 Å². The first kappa shape index (κ1) is 13.2. The number of aromatic carboxylic acids is 1. The van der Waals surface area contributed by atoms with Crippen LogP contribution in [0, 0.1) is 0 Å². The van der Waals surface area contributed by atoms with E-state index in [-0.39, 0.29) is 0 Å². The third kappa shape index (κ3) is 2.72. The van der Waals surface area contributed by atoms with Crippen LogP contribution in [0.25, 0.3) is 10.9 Å². The van der Waals surface area contributed by atoms with E-state index in [0.29, 0.717) is 21.7 Å². The summed E-state index contributed by atoms with van der Waals surface area (Å²) in [4.78, 5) is 15.6. The van der Waals surface area contributed by atoms with Gasteiger partial charge in [-0.25, -0.2) is 9.78 Å². The molecule has 3 rings (SSSR count). The fourth-order valence-electron chi connectivity index (χ4n) is 2.46. The smallest absolute Gasteiger partial charge is 0.336 e. The maximum Gasteiger partial charge on any atom is 0.336 e. The highest BCUT2D eigenvalue weighted by Crippen LogP contribution is 2.26. The number of thioether (sulfide) groups is 1. The molecule has 1 unspecified atom stereocenters. The Morgan fingerprint density at radius 1 is 1.40 bits per heavy atom. The van der Waals surface area contributed by atoms with Gasteiger partial charge in [-0.05, 0) is 42.9 Å². The summed E-state index contributed by atoms with van der Waals surface area (Å²) in [5.41, 5.74) is 1.02.